The quantitative estimate of drug-likeness (QED) is 0.455. The van der Waals surface area contributed by atoms with Gasteiger partial charge in [-0.25, -0.2) is 4.79 Å². The van der Waals surface area contributed by atoms with Crippen LogP contribution in [0.5, 0.6) is 0 Å². The molecule has 0 aliphatic rings. The predicted octanol–water partition coefficient (Wildman–Crippen LogP) is 5.93. The SMILES string of the molecule is CC(C)P(=S)(C(C)C)C(c1ccc(C(F)(F)F)cc1)C(NC(=O)c1ccccc1)C(=O)O. The minimum atomic E-state index is -4.52. The van der Waals surface area contributed by atoms with E-state index >= 15 is 0 Å². The lowest BCUT2D eigenvalue weighted by Crippen LogP contribution is -2.46. The molecule has 0 aliphatic heterocycles. The van der Waals surface area contributed by atoms with Gasteiger partial charge in [-0.15, -0.1) is 0 Å². The maximum absolute atomic E-state index is 13.1. The van der Waals surface area contributed by atoms with E-state index in [9.17, 15) is 27.9 Å². The van der Waals surface area contributed by atoms with Crippen LogP contribution in [-0.4, -0.2) is 34.3 Å². The van der Waals surface area contributed by atoms with E-state index in [-0.39, 0.29) is 16.9 Å². The van der Waals surface area contributed by atoms with Crippen molar-refractivity contribution in [1.29, 1.82) is 0 Å². The first-order chi connectivity index (χ1) is 14.8. The number of carbonyl (C=O) groups is 2. The van der Waals surface area contributed by atoms with Crippen LogP contribution in [0.3, 0.4) is 0 Å². The van der Waals surface area contributed by atoms with E-state index in [1.807, 2.05) is 27.7 Å². The molecule has 2 rings (SSSR count). The van der Waals surface area contributed by atoms with Gasteiger partial charge in [0.15, 0.2) is 0 Å². The Labute approximate surface area is 191 Å². The first kappa shape index (κ1) is 26.1. The Morgan fingerprint density at radius 1 is 0.938 bits per heavy atom. The first-order valence-electron chi connectivity index (χ1n) is 10.1. The van der Waals surface area contributed by atoms with E-state index < -0.39 is 41.4 Å². The van der Waals surface area contributed by atoms with Gasteiger partial charge in [-0.3, -0.25) is 4.79 Å². The fraction of sp³-hybridized carbons (Fsp3) is 0.391. The highest BCUT2D eigenvalue weighted by atomic mass is 32.4. The number of hydrogen-bond donors (Lipinski definition) is 2. The number of halogens is 3. The second-order valence-electron chi connectivity index (χ2n) is 8.17. The topological polar surface area (TPSA) is 66.4 Å². The Morgan fingerprint density at radius 2 is 1.44 bits per heavy atom. The summed E-state index contributed by atoms with van der Waals surface area (Å²) in [7, 11) is 0. The maximum atomic E-state index is 13.1. The van der Waals surface area contributed by atoms with Crippen molar-refractivity contribution in [3.05, 3.63) is 71.3 Å². The molecule has 2 aromatic carbocycles. The van der Waals surface area contributed by atoms with Crippen molar-refractivity contribution in [3.63, 3.8) is 0 Å². The second-order valence-corrected chi connectivity index (χ2v) is 14.2. The van der Waals surface area contributed by atoms with Gasteiger partial charge in [0.2, 0.25) is 0 Å². The van der Waals surface area contributed by atoms with Gasteiger partial charge in [-0.1, -0.05) is 69.8 Å². The Balaban J connectivity index is 2.63. The Hall–Kier alpha value is -2.18. The lowest BCUT2D eigenvalue weighted by molar-refractivity contribution is -0.139. The third kappa shape index (κ3) is 5.59. The molecule has 32 heavy (non-hydrogen) atoms. The molecule has 2 aromatic rings. The summed E-state index contributed by atoms with van der Waals surface area (Å²) in [6.45, 7) is 7.59. The Morgan fingerprint density at radius 3 is 1.84 bits per heavy atom. The Bertz CT molecular complexity index is 980. The van der Waals surface area contributed by atoms with Gasteiger partial charge < -0.3 is 10.4 Å². The molecule has 2 atom stereocenters. The van der Waals surface area contributed by atoms with Gasteiger partial charge in [0.05, 0.1) is 5.56 Å². The summed E-state index contributed by atoms with van der Waals surface area (Å²) in [5.41, 5.74) is -1.20. The third-order valence-electron chi connectivity index (χ3n) is 5.53. The molecule has 4 nitrogen and oxygen atoms in total. The molecule has 0 aromatic heterocycles. The molecule has 0 fully saturated rings. The molecule has 1 amide bonds. The maximum Gasteiger partial charge on any atom is 0.416 e. The summed E-state index contributed by atoms with van der Waals surface area (Å²) >= 11 is 6.10. The predicted molar refractivity (Wildman–Crippen MR) is 124 cm³/mol. The summed E-state index contributed by atoms with van der Waals surface area (Å²) in [5, 5.41) is 12.7. The van der Waals surface area contributed by atoms with Crippen LogP contribution in [0.25, 0.3) is 0 Å². The molecule has 0 saturated heterocycles. The summed E-state index contributed by atoms with van der Waals surface area (Å²) < 4.78 is 39.3. The minimum absolute atomic E-state index is 0.0970. The molecule has 9 heteroatoms. The van der Waals surface area contributed by atoms with Crippen molar-refractivity contribution in [1.82, 2.24) is 5.32 Å². The summed E-state index contributed by atoms with van der Waals surface area (Å²) in [4.78, 5) is 25.2. The molecule has 0 radical (unpaired) electrons. The van der Waals surface area contributed by atoms with Crippen molar-refractivity contribution in [2.75, 3.05) is 0 Å². The van der Waals surface area contributed by atoms with E-state index in [0.717, 1.165) is 12.1 Å². The minimum Gasteiger partial charge on any atom is -0.480 e. The van der Waals surface area contributed by atoms with E-state index in [0.29, 0.717) is 5.56 Å². The zero-order valence-corrected chi connectivity index (χ0v) is 20.0. The zero-order chi connectivity index (χ0) is 24.3. The smallest absolute Gasteiger partial charge is 0.416 e. The van der Waals surface area contributed by atoms with Crippen molar-refractivity contribution in [2.45, 2.75) is 56.9 Å². The van der Waals surface area contributed by atoms with Crippen LogP contribution in [0, 0.1) is 0 Å². The highest BCUT2D eigenvalue weighted by molar-refractivity contribution is 8.15. The molecule has 0 aliphatic carbocycles. The van der Waals surface area contributed by atoms with Gasteiger partial charge in [-0.2, -0.15) is 13.2 Å². The van der Waals surface area contributed by atoms with Gasteiger partial charge in [0, 0.05) is 11.2 Å². The number of rotatable bonds is 8. The molecule has 2 unspecified atom stereocenters. The molecule has 0 spiro atoms. The molecule has 0 bridgehead atoms. The number of carbonyl (C=O) groups excluding carboxylic acids is 1. The number of carboxylic acids is 1. The van der Waals surface area contributed by atoms with Crippen LogP contribution in [0.4, 0.5) is 13.2 Å². The molecule has 2 N–H and O–H groups in total. The van der Waals surface area contributed by atoms with Gasteiger partial charge >= 0.3 is 12.1 Å². The lowest BCUT2D eigenvalue weighted by atomic mass is 10.0. The van der Waals surface area contributed by atoms with Gasteiger partial charge in [0.1, 0.15) is 6.04 Å². The first-order valence-corrected chi connectivity index (χ1v) is 13.2. The standard InChI is InChI=1S/C23H27F3NO3PS/c1-14(2)31(32,15(3)4)20(16-10-12-18(13-11-16)23(24,25)26)19(22(29)30)27-21(28)17-8-6-5-7-9-17/h5-15,19-20H,1-4H3,(H,27,28)(H,29,30). The third-order valence-corrected chi connectivity index (χ3v) is 13.4. The highest BCUT2D eigenvalue weighted by Crippen LogP contribution is 2.67. The summed E-state index contributed by atoms with van der Waals surface area (Å²) in [6, 6.07) is 8.64. The number of aliphatic carboxylic acids is 1. The average molecular weight is 486 g/mol. The van der Waals surface area contributed by atoms with Crippen LogP contribution in [-0.2, 0) is 22.8 Å². The molecule has 174 valence electrons. The monoisotopic (exact) mass is 485 g/mol. The number of alkyl halides is 3. The lowest BCUT2D eigenvalue weighted by Gasteiger charge is -2.41. The fourth-order valence-electron chi connectivity index (χ4n) is 3.86. The Kier molecular flexibility index (Phi) is 8.29. The van der Waals surface area contributed by atoms with Crippen LogP contribution in [0.15, 0.2) is 54.6 Å². The van der Waals surface area contributed by atoms with E-state index in [1.165, 1.54) is 12.1 Å². The van der Waals surface area contributed by atoms with Crippen LogP contribution < -0.4 is 5.32 Å². The number of nitrogens with one attached hydrogen (secondary N) is 1. The molecule has 0 saturated carbocycles. The van der Waals surface area contributed by atoms with Crippen molar-refractivity contribution >= 4 is 29.7 Å². The fourth-order valence-corrected chi connectivity index (χ4v) is 8.37. The normalized spacial score (nSPS) is 14.3. The van der Waals surface area contributed by atoms with Crippen molar-refractivity contribution in [2.24, 2.45) is 0 Å². The van der Waals surface area contributed by atoms with Gasteiger partial charge in [0.25, 0.3) is 5.91 Å². The molecule has 0 heterocycles. The molecular weight excluding hydrogens is 458 g/mol. The van der Waals surface area contributed by atoms with Crippen molar-refractivity contribution < 1.29 is 27.9 Å². The second kappa shape index (κ2) is 10.2. The van der Waals surface area contributed by atoms with Crippen LogP contribution in [0.1, 0.15) is 54.8 Å². The van der Waals surface area contributed by atoms with E-state index in [4.69, 9.17) is 11.8 Å². The number of hydrogen-bond acceptors (Lipinski definition) is 3. The number of benzene rings is 2. The van der Waals surface area contributed by atoms with E-state index in [2.05, 4.69) is 5.32 Å². The summed E-state index contributed by atoms with van der Waals surface area (Å²) in [6.07, 6.45) is -4.52. The number of carboxylic acid groups (broad SMARTS) is 1. The van der Waals surface area contributed by atoms with Gasteiger partial charge in [-0.05, 0) is 47.2 Å². The van der Waals surface area contributed by atoms with Crippen molar-refractivity contribution in [3.8, 4) is 0 Å². The number of amides is 1. The largest absolute Gasteiger partial charge is 0.480 e. The average Bonchev–Trinajstić information content (AvgIpc) is 2.72. The summed E-state index contributed by atoms with van der Waals surface area (Å²) in [5.74, 6) is -1.86. The molecular formula is C23H27F3NO3PS. The zero-order valence-electron chi connectivity index (χ0n) is 18.3. The van der Waals surface area contributed by atoms with E-state index in [1.54, 1.807) is 30.3 Å². The van der Waals surface area contributed by atoms with Crippen LogP contribution >= 0.6 is 6.04 Å². The van der Waals surface area contributed by atoms with Crippen LogP contribution in [0.2, 0.25) is 0 Å². The highest BCUT2D eigenvalue weighted by Gasteiger charge is 2.44.